The fourth-order valence-corrected chi connectivity index (χ4v) is 3.35. The van der Waals surface area contributed by atoms with Gasteiger partial charge in [0.15, 0.2) is 5.69 Å². The number of hydrogen-bond donors (Lipinski definition) is 1. The van der Waals surface area contributed by atoms with Crippen LogP contribution < -0.4 is 0 Å². The number of carbonyl (C=O) groups is 2. The lowest BCUT2D eigenvalue weighted by molar-refractivity contribution is -0.130. The van der Waals surface area contributed by atoms with E-state index in [1.165, 1.54) is 0 Å². The monoisotopic (exact) mass is 333 g/mol. The highest BCUT2D eigenvalue weighted by Crippen LogP contribution is 2.12. The second-order valence-electron chi connectivity index (χ2n) is 5.59. The van der Waals surface area contributed by atoms with Crippen LogP contribution in [0.5, 0.6) is 0 Å². The zero-order valence-corrected chi connectivity index (χ0v) is 13.8. The predicted octanol–water partition coefficient (Wildman–Crippen LogP) is 1.09. The molecule has 0 atom stereocenters. The Bertz CT molecular complexity index is 682. The largest absolute Gasteiger partial charge is 0.341 e. The van der Waals surface area contributed by atoms with Crippen molar-refractivity contribution in [3.8, 4) is 0 Å². The van der Waals surface area contributed by atoms with Crippen LogP contribution in [-0.2, 0) is 11.2 Å². The molecule has 0 unspecified atom stereocenters. The Morgan fingerprint density at radius 3 is 2.70 bits per heavy atom. The number of aromatic nitrogens is 3. The van der Waals surface area contributed by atoms with Gasteiger partial charge in [-0.15, -0.1) is 0 Å². The Morgan fingerprint density at radius 2 is 2.00 bits per heavy atom. The minimum atomic E-state index is -0.122. The third-order valence-corrected chi connectivity index (χ3v) is 4.73. The molecular weight excluding hydrogens is 314 g/mol. The molecule has 8 heteroatoms. The number of carbonyl (C=O) groups excluding carboxylic acids is 2. The first kappa shape index (κ1) is 15.7. The van der Waals surface area contributed by atoms with E-state index < -0.39 is 0 Å². The minimum Gasteiger partial charge on any atom is -0.341 e. The summed E-state index contributed by atoms with van der Waals surface area (Å²) in [5, 5.41) is 14.3. The van der Waals surface area contributed by atoms with Gasteiger partial charge >= 0.3 is 0 Å². The molecule has 1 aliphatic heterocycles. The fraction of sp³-hybridized carbons (Fsp3) is 0.467. The van der Waals surface area contributed by atoms with Crippen LogP contribution in [0, 0.1) is 6.92 Å². The van der Waals surface area contributed by atoms with Gasteiger partial charge in [0, 0.05) is 26.2 Å². The molecule has 0 spiro atoms. The van der Waals surface area contributed by atoms with Crippen molar-refractivity contribution in [1.29, 1.82) is 0 Å². The van der Waals surface area contributed by atoms with Crippen LogP contribution in [-0.4, -0.2) is 63.2 Å². The summed E-state index contributed by atoms with van der Waals surface area (Å²) in [6.07, 6.45) is 1.21. The highest BCUT2D eigenvalue weighted by Gasteiger charge is 2.25. The molecule has 2 aromatic heterocycles. The molecule has 0 aliphatic carbocycles. The van der Waals surface area contributed by atoms with Crippen molar-refractivity contribution in [2.45, 2.75) is 19.8 Å². The first-order valence-electron chi connectivity index (χ1n) is 7.60. The van der Waals surface area contributed by atoms with E-state index in [-0.39, 0.29) is 11.8 Å². The predicted molar refractivity (Wildman–Crippen MR) is 86.2 cm³/mol. The van der Waals surface area contributed by atoms with Gasteiger partial charge in [-0.3, -0.25) is 9.59 Å². The summed E-state index contributed by atoms with van der Waals surface area (Å²) in [6, 6.07) is 1.98. The minimum absolute atomic E-state index is 0.121. The SMILES string of the molecule is Cc1n[nH]nc1C(=O)N1CCCN(C(=O)Cc2ccsc2)CC1. The van der Waals surface area contributed by atoms with Gasteiger partial charge in [0.2, 0.25) is 5.91 Å². The maximum Gasteiger partial charge on any atom is 0.276 e. The van der Waals surface area contributed by atoms with Crippen molar-refractivity contribution in [3.63, 3.8) is 0 Å². The van der Waals surface area contributed by atoms with E-state index in [1.807, 2.05) is 21.7 Å². The summed E-state index contributed by atoms with van der Waals surface area (Å²) in [5.41, 5.74) is 2.02. The molecule has 0 bridgehead atoms. The zero-order valence-electron chi connectivity index (χ0n) is 13.0. The summed E-state index contributed by atoms with van der Waals surface area (Å²) in [4.78, 5) is 28.4. The molecule has 2 aromatic rings. The highest BCUT2D eigenvalue weighted by molar-refractivity contribution is 7.08. The number of hydrogen-bond acceptors (Lipinski definition) is 5. The lowest BCUT2D eigenvalue weighted by atomic mass is 10.2. The lowest BCUT2D eigenvalue weighted by Crippen LogP contribution is -2.38. The number of thiophene rings is 1. The highest BCUT2D eigenvalue weighted by atomic mass is 32.1. The topological polar surface area (TPSA) is 82.2 Å². The van der Waals surface area contributed by atoms with Crippen LogP contribution in [0.3, 0.4) is 0 Å². The van der Waals surface area contributed by atoms with Crippen molar-refractivity contribution in [3.05, 3.63) is 33.8 Å². The first-order valence-corrected chi connectivity index (χ1v) is 8.55. The number of H-pyrrole nitrogens is 1. The van der Waals surface area contributed by atoms with Crippen LogP contribution >= 0.6 is 11.3 Å². The van der Waals surface area contributed by atoms with Gasteiger partial charge in [-0.05, 0) is 35.7 Å². The molecule has 3 heterocycles. The molecule has 23 heavy (non-hydrogen) atoms. The van der Waals surface area contributed by atoms with Crippen LogP contribution in [0.1, 0.15) is 28.2 Å². The molecular formula is C15H19N5O2S. The Hall–Kier alpha value is -2.22. The van der Waals surface area contributed by atoms with Gasteiger partial charge < -0.3 is 9.80 Å². The Kier molecular flexibility index (Phi) is 4.71. The summed E-state index contributed by atoms with van der Waals surface area (Å²) >= 11 is 1.60. The van der Waals surface area contributed by atoms with Gasteiger partial charge in [0.1, 0.15) is 0 Å². The smallest absolute Gasteiger partial charge is 0.276 e. The number of aryl methyl sites for hydroxylation is 1. The number of nitrogens with zero attached hydrogens (tertiary/aromatic N) is 4. The second kappa shape index (κ2) is 6.91. The van der Waals surface area contributed by atoms with E-state index in [0.29, 0.717) is 44.0 Å². The molecule has 1 aliphatic rings. The van der Waals surface area contributed by atoms with Crippen molar-refractivity contribution in [1.82, 2.24) is 25.2 Å². The summed E-state index contributed by atoms with van der Waals surface area (Å²) in [5.74, 6) is -0.00120. The quantitative estimate of drug-likeness (QED) is 0.911. The molecule has 0 saturated carbocycles. The van der Waals surface area contributed by atoms with E-state index >= 15 is 0 Å². The maximum atomic E-state index is 12.5. The maximum absolute atomic E-state index is 12.5. The van der Waals surface area contributed by atoms with Gasteiger partial charge in [-0.25, -0.2) is 0 Å². The third-order valence-electron chi connectivity index (χ3n) is 4.00. The van der Waals surface area contributed by atoms with Gasteiger partial charge in [0.25, 0.3) is 5.91 Å². The van der Waals surface area contributed by atoms with Crippen LogP contribution in [0.15, 0.2) is 16.8 Å². The molecule has 7 nitrogen and oxygen atoms in total. The molecule has 1 fully saturated rings. The van der Waals surface area contributed by atoms with E-state index in [4.69, 9.17) is 0 Å². The molecule has 1 N–H and O–H groups in total. The molecule has 1 saturated heterocycles. The molecule has 122 valence electrons. The lowest BCUT2D eigenvalue weighted by Gasteiger charge is -2.21. The Morgan fingerprint density at radius 1 is 1.22 bits per heavy atom. The molecule has 3 rings (SSSR count). The number of aromatic amines is 1. The van der Waals surface area contributed by atoms with Crippen molar-refractivity contribution >= 4 is 23.2 Å². The summed E-state index contributed by atoms with van der Waals surface area (Å²) < 4.78 is 0. The van der Waals surface area contributed by atoms with Crippen molar-refractivity contribution < 1.29 is 9.59 Å². The fourth-order valence-electron chi connectivity index (χ4n) is 2.69. The van der Waals surface area contributed by atoms with Crippen molar-refractivity contribution in [2.75, 3.05) is 26.2 Å². The van der Waals surface area contributed by atoms with E-state index in [9.17, 15) is 9.59 Å². The summed E-state index contributed by atoms with van der Waals surface area (Å²) in [6.45, 7) is 4.16. The molecule has 2 amide bonds. The number of amides is 2. The molecule has 0 aromatic carbocycles. The summed E-state index contributed by atoms with van der Waals surface area (Å²) in [7, 11) is 0. The second-order valence-corrected chi connectivity index (χ2v) is 6.37. The standard InChI is InChI=1S/C15H19N5O2S/c1-11-14(17-18-16-11)15(22)20-5-2-4-19(6-7-20)13(21)9-12-3-8-23-10-12/h3,8,10H,2,4-7,9H2,1H3,(H,16,17,18). The van der Waals surface area contributed by atoms with Crippen LogP contribution in [0.25, 0.3) is 0 Å². The number of nitrogens with one attached hydrogen (secondary N) is 1. The van der Waals surface area contributed by atoms with Gasteiger partial charge in [-0.2, -0.15) is 26.7 Å². The van der Waals surface area contributed by atoms with Crippen molar-refractivity contribution in [2.24, 2.45) is 0 Å². The first-order chi connectivity index (χ1) is 11.1. The number of rotatable bonds is 3. The van der Waals surface area contributed by atoms with E-state index in [1.54, 1.807) is 23.2 Å². The van der Waals surface area contributed by atoms with E-state index in [0.717, 1.165) is 12.0 Å². The van der Waals surface area contributed by atoms with Crippen LogP contribution in [0.4, 0.5) is 0 Å². The Labute approximate surface area is 138 Å². The van der Waals surface area contributed by atoms with Gasteiger partial charge in [0.05, 0.1) is 12.1 Å². The zero-order chi connectivity index (χ0) is 16.2. The average molecular weight is 333 g/mol. The van der Waals surface area contributed by atoms with Crippen LogP contribution in [0.2, 0.25) is 0 Å². The Balaban J connectivity index is 1.60. The van der Waals surface area contributed by atoms with Gasteiger partial charge in [-0.1, -0.05) is 0 Å². The average Bonchev–Trinajstić information content (AvgIpc) is 3.12. The molecule has 0 radical (unpaired) electrons. The van der Waals surface area contributed by atoms with E-state index in [2.05, 4.69) is 15.4 Å². The normalized spacial score (nSPS) is 15.5. The third kappa shape index (κ3) is 3.58.